The molecule has 1 amide bonds. The number of nitrogens with zero attached hydrogens (tertiary/aromatic N) is 3. The van der Waals surface area contributed by atoms with Crippen molar-refractivity contribution in [2.24, 2.45) is 0 Å². The fourth-order valence-corrected chi connectivity index (χ4v) is 6.55. The summed E-state index contributed by atoms with van der Waals surface area (Å²) in [6.45, 7) is 0.423. The molecule has 11 heteroatoms. The Balaban J connectivity index is 1.68. The Morgan fingerprint density at radius 3 is 2.85 bits per heavy atom. The lowest BCUT2D eigenvalue weighted by Crippen LogP contribution is -2.58. The van der Waals surface area contributed by atoms with E-state index in [2.05, 4.69) is 0 Å². The van der Waals surface area contributed by atoms with Gasteiger partial charge in [-0.25, -0.2) is 8.78 Å². The van der Waals surface area contributed by atoms with E-state index in [1.165, 1.54) is 28.7 Å². The minimum atomic E-state index is -1.01. The number of hydrogen-bond acceptors (Lipinski definition) is 7. The van der Waals surface area contributed by atoms with Crippen LogP contribution in [0.4, 0.5) is 8.78 Å². The molecule has 0 aliphatic carbocycles. The molecular weight excluding hydrogens is 528 g/mol. The first kappa shape index (κ1) is 25.4. The van der Waals surface area contributed by atoms with Crippen LogP contribution in [0.15, 0.2) is 64.4 Å². The average molecular weight is 554 g/mol. The minimum Gasteiger partial charge on any atom is -0.502 e. The van der Waals surface area contributed by atoms with Crippen molar-refractivity contribution in [3.8, 4) is 11.5 Å². The van der Waals surface area contributed by atoms with E-state index in [0.717, 1.165) is 16.5 Å². The smallest absolute Gasteiger partial charge is 0.278 e. The molecule has 6 rings (SSSR count). The molecule has 2 aromatic carbocycles. The highest BCUT2D eigenvalue weighted by Crippen LogP contribution is 2.47. The van der Waals surface area contributed by atoms with Crippen molar-refractivity contribution in [3.05, 3.63) is 99.0 Å². The van der Waals surface area contributed by atoms with Crippen LogP contribution in [0.2, 0.25) is 0 Å². The number of hydrogen-bond donors (Lipinski definition) is 1. The number of ether oxygens (including phenoxy) is 2. The first-order valence-corrected chi connectivity index (χ1v) is 13.4. The summed E-state index contributed by atoms with van der Waals surface area (Å²) in [6.07, 6.45) is 5.37. The quantitative estimate of drug-likeness (QED) is 0.492. The SMILES string of the molecule is COCC[C@H]1/C=C/COc2cc(F)c(F)c3c2[C@H](c2ccccc2SC3)N2CN1C(=O)c1c(O)c(=O)ccn12. The molecule has 0 saturated heterocycles. The third-order valence-corrected chi connectivity index (χ3v) is 8.40. The number of benzene rings is 2. The van der Waals surface area contributed by atoms with Gasteiger partial charge in [-0.3, -0.25) is 19.3 Å². The number of pyridine rings is 1. The number of halogens is 2. The van der Waals surface area contributed by atoms with Crippen LogP contribution in [0.3, 0.4) is 0 Å². The van der Waals surface area contributed by atoms with Crippen molar-refractivity contribution in [2.75, 3.05) is 32.0 Å². The summed E-state index contributed by atoms with van der Waals surface area (Å²) in [6, 6.07) is 8.54. The number of thioether (sulfide) groups is 1. The molecule has 0 unspecified atom stereocenters. The molecule has 4 heterocycles. The summed E-state index contributed by atoms with van der Waals surface area (Å²) < 4.78 is 43.1. The minimum absolute atomic E-state index is 0.0222. The largest absolute Gasteiger partial charge is 0.502 e. The van der Waals surface area contributed by atoms with Gasteiger partial charge in [0, 0.05) is 53.8 Å². The van der Waals surface area contributed by atoms with Crippen molar-refractivity contribution in [2.45, 2.75) is 29.2 Å². The second kappa shape index (κ2) is 10.0. The summed E-state index contributed by atoms with van der Waals surface area (Å²) in [5, 5.41) is 12.6. The van der Waals surface area contributed by atoms with Gasteiger partial charge in [-0.05, 0) is 24.1 Å². The van der Waals surface area contributed by atoms with Crippen LogP contribution < -0.4 is 15.2 Å². The number of rotatable bonds is 3. The summed E-state index contributed by atoms with van der Waals surface area (Å²) in [5.41, 5.74) is 0.471. The van der Waals surface area contributed by atoms with Gasteiger partial charge in [-0.15, -0.1) is 11.8 Å². The van der Waals surface area contributed by atoms with E-state index in [0.29, 0.717) is 18.6 Å². The molecule has 2 atom stereocenters. The van der Waals surface area contributed by atoms with Gasteiger partial charge in [0.15, 0.2) is 23.1 Å². The lowest BCUT2D eigenvalue weighted by Gasteiger charge is -2.46. The Labute approximate surface area is 227 Å². The van der Waals surface area contributed by atoms with E-state index in [9.17, 15) is 19.1 Å². The lowest BCUT2D eigenvalue weighted by atomic mass is 9.92. The van der Waals surface area contributed by atoms with Crippen LogP contribution in [0, 0.1) is 11.6 Å². The van der Waals surface area contributed by atoms with E-state index in [1.807, 2.05) is 24.3 Å². The molecular formula is C28H25F2N3O5S. The molecule has 3 aliphatic rings. The van der Waals surface area contributed by atoms with Crippen LogP contribution in [0.25, 0.3) is 0 Å². The Kier molecular flexibility index (Phi) is 6.56. The second-order valence-corrected chi connectivity index (χ2v) is 10.5. The first-order valence-electron chi connectivity index (χ1n) is 12.4. The van der Waals surface area contributed by atoms with Gasteiger partial charge in [-0.2, -0.15) is 0 Å². The normalized spacial score (nSPS) is 20.6. The molecule has 3 aromatic rings. The van der Waals surface area contributed by atoms with E-state index in [1.54, 1.807) is 29.2 Å². The lowest BCUT2D eigenvalue weighted by molar-refractivity contribution is 0.0592. The predicted octanol–water partition coefficient (Wildman–Crippen LogP) is 3.93. The third-order valence-electron chi connectivity index (χ3n) is 7.28. The maximum Gasteiger partial charge on any atom is 0.278 e. The number of carbonyl (C=O) groups is 1. The van der Waals surface area contributed by atoms with Crippen molar-refractivity contribution in [1.82, 2.24) is 9.58 Å². The van der Waals surface area contributed by atoms with E-state index < -0.39 is 40.8 Å². The first-order chi connectivity index (χ1) is 18.9. The Bertz CT molecular complexity index is 1560. The molecule has 0 radical (unpaired) electrons. The standard InChI is InChI=1S/C28H25F2N3O5S/c1-37-12-9-16-5-4-11-38-21-13-19(29)24(30)18-14-39-22-7-3-2-6-17(22)25(23(18)21)33-15-31(16)28(36)26-27(35)20(34)8-10-32(26)33/h2-8,10,13,16,25,35H,9,11-12,14-15H2,1H3/b5-4+/t16-,25+/m1/s1. The number of methoxy groups -OCH3 is 1. The summed E-state index contributed by atoms with van der Waals surface area (Å²) in [5.74, 6) is -2.84. The van der Waals surface area contributed by atoms with E-state index in [4.69, 9.17) is 9.47 Å². The van der Waals surface area contributed by atoms with Gasteiger partial charge in [0.05, 0.1) is 6.04 Å². The summed E-state index contributed by atoms with van der Waals surface area (Å²) in [4.78, 5) is 28.7. The van der Waals surface area contributed by atoms with Crippen molar-refractivity contribution in [3.63, 3.8) is 0 Å². The predicted molar refractivity (Wildman–Crippen MR) is 141 cm³/mol. The van der Waals surface area contributed by atoms with Crippen LogP contribution in [-0.4, -0.2) is 53.6 Å². The Morgan fingerprint density at radius 2 is 2.03 bits per heavy atom. The highest BCUT2D eigenvalue weighted by atomic mass is 32.2. The number of aromatic nitrogens is 1. The third kappa shape index (κ3) is 4.16. The zero-order valence-corrected chi connectivity index (χ0v) is 21.8. The van der Waals surface area contributed by atoms with Gasteiger partial charge >= 0.3 is 0 Å². The zero-order chi connectivity index (χ0) is 27.3. The summed E-state index contributed by atoms with van der Waals surface area (Å²) in [7, 11) is 1.56. The number of aromatic hydroxyl groups is 1. The molecule has 0 fully saturated rings. The second-order valence-electron chi connectivity index (χ2n) is 9.46. The van der Waals surface area contributed by atoms with E-state index in [-0.39, 0.29) is 36.0 Å². The van der Waals surface area contributed by atoms with Gasteiger partial charge in [0.25, 0.3) is 5.91 Å². The van der Waals surface area contributed by atoms with Crippen molar-refractivity contribution >= 4 is 17.7 Å². The monoisotopic (exact) mass is 553 g/mol. The van der Waals surface area contributed by atoms with Crippen LogP contribution in [0.5, 0.6) is 11.5 Å². The van der Waals surface area contributed by atoms with Gasteiger partial charge in [-0.1, -0.05) is 24.3 Å². The van der Waals surface area contributed by atoms with Crippen molar-refractivity contribution < 1.29 is 28.2 Å². The van der Waals surface area contributed by atoms with Gasteiger partial charge in [0.2, 0.25) is 5.43 Å². The number of fused-ring (bicyclic) bond motifs is 7. The molecule has 39 heavy (non-hydrogen) atoms. The summed E-state index contributed by atoms with van der Waals surface area (Å²) >= 11 is 1.38. The van der Waals surface area contributed by atoms with Gasteiger partial charge in [0.1, 0.15) is 25.1 Å². The van der Waals surface area contributed by atoms with Crippen molar-refractivity contribution in [1.29, 1.82) is 0 Å². The maximum atomic E-state index is 15.5. The Morgan fingerprint density at radius 1 is 1.21 bits per heavy atom. The molecule has 8 nitrogen and oxygen atoms in total. The fourth-order valence-electron chi connectivity index (χ4n) is 5.44. The Hall–Kier alpha value is -3.83. The van der Waals surface area contributed by atoms with Crippen LogP contribution >= 0.6 is 11.8 Å². The topological polar surface area (TPSA) is 84.2 Å². The van der Waals surface area contributed by atoms with Gasteiger partial charge < -0.3 is 19.5 Å². The molecule has 0 spiro atoms. The number of carbonyl (C=O) groups excluding carboxylic acids is 1. The average Bonchev–Trinajstić information content (AvgIpc) is 3.11. The molecule has 0 saturated carbocycles. The maximum absolute atomic E-state index is 15.5. The fraction of sp³-hybridized carbons (Fsp3) is 0.286. The molecule has 2 bridgehead atoms. The number of amides is 1. The van der Waals surface area contributed by atoms with Crippen LogP contribution in [0.1, 0.15) is 39.6 Å². The van der Waals surface area contributed by atoms with E-state index >= 15 is 4.39 Å². The highest BCUT2D eigenvalue weighted by Gasteiger charge is 2.42. The molecule has 1 N–H and O–H groups in total. The molecule has 1 aromatic heterocycles. The van der Waals surface area contributed by atoms with Crippen LogP contribution in [-0.2, 0) is 10.5 Å². The molecule has 202 valence electrons. The zero-order valence-electron chi connectivity index (χ0n) is 21.0. The highest BCUT2D eigenvalue weighted by molar-refractivity contribution is 7.98. The molecule has 3 aliphatic heterocycles.